The van der Waals surface area contributed by atoms with Crippen molar-refractivity contribution in [3.05, 3.63) is 0 Å². The molecule has 0 spiro atoms. The maximum Gasteiger partial charge on any atom is 0.238 e. The van der Waals surface area contributed by atoms with E-state index >= 15 is 0 Å². The number of hydrogen-bond donors (Lipinski definition) is 0. The molecule has 0 heterocycles. The standard InChI is InChI=1S/C7H11ClO2S/c8-11(9,10)7-4-2-1-3-6(7)5-7/h6H,1-5H2. The quantitative estimate of drug-likeness (QED) is 0.598. The number of halogens is 1. The first kappa shape index (κ1) is 7.87. The maximum atomic E-state index is 11.1. The Labute approximate surface area is 71.3 Å². The molecule has 2 fully saturated rings. The third-order valence-electron chi connectivity index (χ3n) is 3.06. The fourth-order valence-corrected chi connectivity index (χ4v) is 4.37. The third kappa shape index (κ3) is 1.01. The summed E-state index contributed by atoms with van der Waals surface area (Å²) in [6.45, 7) is 0. The van der Waals surface area contributed by atoms with E-state index in [1.807, 2.05) is 0 Å². The van der Waals surface area contributed by atoms with Crippen LogP contribution in [-0.2, 0) is 9.05 Å². The van der Waals surface area contributed by atoms with E-state index in [1.165, 1.54) is 6.42 Å². The van der Waals surface area contributed by atoms with Crippen molar-refractivity contribution >= 4 is 19.7 Å². The molecule has 0 N–H and O–H groups in total. The summed E-state index contributed by atoms with van der Waals surface area (Å²) in [6, 6.07) is 0. The van der Waals surface area contributed by atoms with Gasteiger partial charge >= 0.3 is 0 Å². The van der Waals surface area contributed by atoms with Gasteiger partial charge in [0.15, 0.2) is 0 Å². The molecule has 2 unspecified atom stereocenters. The first-order chi connectivity index (χ1) is 5.06. The van der Waals surface area contributed by atoms with Crippen LogP contribution in [0.5, 0.6) is 0 Å². The topological polar surface area (TPSA) is 34.1 Å². The Morgan fingerprint density at radius 2 is 2.09 bits per heavy atom. The van der Waals surface area contributed by atoms with E-state index < -0.39 is 13.8 Å². The van der Waals surface area contributed by atoms with Crippen LogP contribution in [0.1, 0.15) is 32.1 Å². The summed E-state index contributed by atoms with van der Waals surface area (Å²) < 4.78 is 21.8. The predicted molar refractivity (Wildman–Crippen MR) is 44.1 cm³/mol. The summed E-state index contributed by atoms with van der Waals surface area (Å²) in [4.78, 5) is 0. The van der Waals surface area contributed by atoms with Gasteiger partial charge in [-0.1, -0.05) is 12.8 Å². The monoisotopic (exact) mass is 194 g/mol. The first-order valence-electron chi connectivity index (χ1n) is 4.00. The van der Waals surface area contributed by atoms with E-state index in [2.05, 4.69) is 0 Å². The highest BCUT2D eigenvalue weighted by Crippen LogP contribution is 2.59. The van der Waals surface area contributed by atoms with Crippen LogP contribution in [0.4, 0.5) is 0 Å². The molecule has 0 aromatic rings. The molecule has 2 rings (SSSR count). The van der Waals surface area contributed by atoms with Crippen molar-refractivity contribution in [3.63, 3.8) is 0 Å². The Hall–Kier alpha value is 0.240. The van der Waals surface area contributed by atoms with Gasteiger partial charge in [0.2, 0.25) is 9.05 Å². The molecule has 0 radical (unpaired) electrons. The molecule has 0 saturated heterocycles. The van der Waals surface area contributed by atoms with Gasteiger partial charge in [0.25, 0.3) is 0 Å². The molecule has 0 amide bonds. The summed E-state index contributed by atoms with van der Waals surface area (Å²) >= 11 is 0. The fourth-order valence-electron chi connectivity index (χ4n) is 2.26. The minimum absolute atomic E-state index is 0.388. The van der Waals surface area contributed by atoms with Crippen molar-refractivity contribution in [3.8, 4) is 0 Å². The van der Waals surface area contributed by atoms with Gasteiger partial charge in [-0.2, -0.15) is 0 Å². The van der Waals surface area contributed by atoms with Crippen molar-refractivity contribution in [2.45, 2.75) is 36.9 Å². The van der Waals surface area contributed by atoms with E-state index in [1.54, 1.807) is 0 Å². The van der Waals surface area contributed by atoms with Crippen molar-refractivity contribution in [1.29, 1.82) is 0 Å². The molecule has 2 aliphatic rings. The molecule has 2 saturated carbocycles. The van der Waals surface area contributed by atoms with Crippen LogP contribution < -0.4 is 0 Å². The Morgan fingerprint density at radius 3 is 2.55 bits per heavy atom. The molecular weight excluding hydrogens is 184 g/mol. The molecule has 0 aromatic heterocycles. The second kappa shape index (κ2) is 2.13. The van der Waals surface area contributed by atoms with Gasteiger partial charge in [-0.15, -0.1) is 0 Å². The van der Waals surface area contributed by atoms with Crippen LogP contribution in [0.25, 0.3) is 0 Å². The molecular formula is C7H11ClO2S. The van der Waals surface area contributed by atoms with Gasteiger partial charge in [-0.25, -0.2) is 8.42 Å². The average Bonchev–Trinajstić information content (AvgIpc) is 2.59. The van der Waals surface area contributed by atoms with Gasteiger partial charge < -0.3 is 0 Å². The van der Waals surface area contributed by atoms with Gasteiger partial charge in [-0.05, 0) is 25.2 Å². The van der Waals surface area contributed by atoms with E-state index in [-0.39, 0.29) is 0 Å². The van der Waals surface area contributed by atoms with E-state index in [0.29, 0.717) is 5.92 Å². The number of hydrogen-bond acceptors (Lipinski definition) is 2. The highest BCUT2D eigenvalue weighted by molar-refractivity contribution is 8.15. The second-order valence-electron chi connectivity index (χ2n) is 3.65. The highest BCUT2D eigenvalue weighted by atomic mass is 35.7. The van der Waals surface area contributed by atoms with Crippen LogP contribution in [0.3, 0.4) is 0 Å². The van der Waals surface area contributed by atoms with Gasteiger partial charge in [0.1, 0.15) is 0 Å². The maximum absolute atomic E-state index is 11.1. The Balaban J connectivity index is 2.27. The molecule has 2 atom stereocenters. The van der Waals surface area contributed by atoms with Crippen LogP contribution in [0.2, 0.25) is 0 Å². The molecule has 0 aromatic carbocycles. The van der Waals surface area contributed by atoms with Crippen molar-refractivity contribution < 1.29 is 8.42 Å². The van der Waals surface area contributed by atoms with Gasteiger partial charge in [-0.3, -0.25) is 0 Å². The zero-order valence-corrected chi connectivity index (χ0v) is 7.79. The van der Waals surface area contributed by atoms with Gasteiger partial charge in [0.05, 0.1) is 4.75 Å². The lowest BCUT2D eigenvalue weighted by molar-refractivity contribution is 0.480. The van der Waals surface area contributed by atoms with Crippen LogP contribution in [-0.4, -0.2) is 13.2 Å². The van der Waals surface area contributed by atoms with Crippen LogP contribution in [0, 0.1) is 5.92 Å². The summed E-state index contributed by atoms with van der Waals surface area (Å²) in [6.07, 6.45) is 4.88. The first-order valence-corrected chi connectivity index (χ1v) is 6.31. The molecule has 2 aliphatic carbocycles. The Bertz CT molecular complexity index is 272. The Kier molecular flexibility index (Phi) is 1.53. The Morgan fingerprint density at radius 1 is 1.36 bits per heavy atom. The number of rotatable bonds is 1. The number of fused-ring (bicyclic) bond motifs is 1. The summed E-state index contributed by atoms with van der Waals surface area (Å²) in [7, 11) is 2.09. The molecule has 0 bridgehead atoms. The highest BCUT2D eigenvalue weighted by Gasteiger charge is 2.63. The largest absolute Gasteiger partial charge is 0.238 e. The normalized spacial score (nSPS) is 43.2. The van der Waals surface area contributed by atoms with Crippen molar-refractivity contribution in [2.75, 3.05) is 0 Å². The van der Waals surface area contributed by atoms with E-state index in [0.717, 1.165) is 25.7 Å². The third-order valence-corrected chi connectivity index (χ3v) is 5.66. The lowest BCUT2D eigenvalue weighted by Gasteiger charge is -2.17. The molecule has 64 valence electrons. The summed E-state index contributed by atoms with van der Waals surface area (Å²) in [5.74, 6) is 0.388. The summed E-state index contributed by atoms with van der Waals surface area (Å²) in [5, 5.41) is 0. The lowest BCUT2D eigenvalue weighted by Crippen LogP contribution is -2.23. The molecule has 2 nitrogen and oxygen atoms in total. The van der Waals surface area contributed by atoms with E-state index in [9.17, 15) is 8.42 Å². The molecule has 0 aliphatic heterocycles. The zero-order chi connectivity index (χ0) is 8.11. The van der Waals surface area contributed by atoms with Crippen LogP contribution in [0.15, 0.2) is 0 Å². The van der Waals surface area contributed by atoms with Crippen molar-refractivity contribution in [1.82, 2.24) is 0 Å². The van der Waals surface area contributed by atoms with Gasteiger partial charge in [0, 0.05) is 10.7 Å². The van der Waals surface area contributed by atoms with E-state index in [4.69, 9.17) is 10.7 Å². The summed E-state index contributed by atoms with van der Waals surface area (Å²) in [5.41, 5.74) is 0. The molecule has 4 heteroatoms. The van der Waals surface area contributed by atoms with Crippen LogP contribution >= 0.6 is 10.7 Å². The smallest absolute Gasteiger partial charge is 0.212 e. The van der Waals surface area contributed by atoms with Crippen molar-refractivity contribution in [2.24, 2.45) is 5.92 Å². The second-order valence-corrected chi connectivity index (χ2v) is 6.56. The average molecular weight is 195 g/mol. The predicted octanol–water partition coefficient (Wildman–Crippen LogP) is 1.89. The fraction of sp³-hybridized carbons (Fsp3) is 1.00. The minimum Gasteiger partial charge on any atom is -0.212 e. The zero-order valence-electron chi connectivity index (χ0n) is 6.22. The molecule has 11 heavy (non-hydrogen) atoms. The lowest BCUT2D eigenvalue weighted by atomic mass is 10.0. The SMILES string of the molecule is O=S(=O)(Cl)C12CCCCC1C2. The minimum atomic E-state index is -3.28.